The van der Waals surface area contributed by atoms with Crippen LogP contribution in [0, 0.1) is 0 Å². The second kappa shape index (κ2) is 6.16. The molecule has 1 rings (SSSR count). The van der Waals surface area contributed by atoms with Crippen molar-refractivity contribution >= 4 is 5.91 Å². The van der Waals surface area contributed by atoms with Crippen LogP contribution in [0.1, 0.15) is 26.3 Å². The first-order valence-corrected chi connectivity index (χ1v) is 5.70. The molecule has 1 aromatic rings. The molecule has 0 saturated heterocycles. The van der Waals surface area contributed by atoms with Gasteiger partial charge in [0, 0.05) is 6.54 Å². The van der Waals surface area contributed by atoms with Crippen LogP contribution >= 0.6 is 0 Å². The molecule has 0 radical (unpaired) electrons. The van der Waals surface area contributed by atoms with Gasteiger partial charge in [-0.3, -0.25) is 4.79 Å². The van der Waals surface area contributed by atoms with Gasteiger partial charge in [-0.1, -0.05) is 19.1 Å². The van der Waals surface area contributed by atoms with Gasteiger partial charge in [0.2, 0.25) is 0 Å². The van der Waals surface area contributed by atoms with Crippen LogP contribution in [0.25, 0.3) is 0 Å². The molecule has 1 unspecified atom stereocenters. The van der Waals surface area contributed by atoms with Gasteiger partial charge in [0.1, 0.15) is 5.75 Å². The van der Waals surface area contributed by atoms with E-state index in [-0.39, 0.29) is 5.91 Å². The molecule has 0 aromatic heterocycles. The zero-order chi connectivity index (χ0) is 12.0. The molecule has 0 aliphatic rings. The Bertz CT molecular complexity index is 350. The maximum absolute atomic E-state index is 11.5. The molecule has 1 aromatic carbocycles. The average Bonchev–Trinajstić information content (AvgIpc) is 2.29. The van der Waals surface area contributed by atoms with Gasteiger partial charge in [-0.15, -0.1) is 0 Å². The van der Waals surface area contributed by atoms with E-state index in [9.17, 15) is 4.79 Å². The molecule has 16 heavy (non-hydrogen) atoms. The first kappa shape index (κ1) is 12.6. The molecule has 88 valence electrons. The normalized spacial score (nSPS) is 11.9. The number of hydrogen-bond acceptors (Lipinski definition) is 2. The summed E-state index contributed by atoms with van der Waals surface area (Å²) in [5.74, 6) is 0.669. The summed E-state index contributed by atoms with van der Waals surface area (Å²) in [6.45, 7) is 6.36. The summed E-state index contributed by atoms with van der Waals surface area (Å²) in [6.07, 6.45) is 0.513. The number of likely N-dealkylation sites (N-methyl/N-ethyl adjacent to an activating group) is 1. The molecular weight excluding hydrogens is 202 g/mol. The molecule has 0 aliphatic carbocycles. The highest BCUT2D eigenvalue weighted by molar-refractivity contribution is 5.80. The SMILES string of the molecule is CCNC(=O)C(C)Oc1cccc(CC)c1. The third kappa shape index (κ3) is 3.57. The van der Waals surface area contributed by atoms with E-state index in [4.69, 9.17) is 4.74 Å². The fourth-order valence-electron chi connectivity index (χ4n) is 1.41. The van der Waals surface area contributed by atoms with Crippen LogP contribution < -0.4 is 10.1 Å². The van der Waals surface area contributed by atoms with Gasteiger partial charge in [-0.25, -0.2) is 0 Å². The lowest BCUT2D eigenvalue weighted by atomic mass is 10.2. The molecular formula is C13H19NO2. The van der Waals surface area contributed by atoms with Crippen molar-refractivity contribution in [3.63, 3.8) is 0 Å². The summed E-state index contributed by atoms with van der Waals surface area (Å²) in [4.78, 5) is 11.5. The van der Waals surface area contributed by atoms with Crippen LogP contribution in [-0.2, 0) is 11.2 Å². The van der Waals surface area contributed by atoms with Crippen LogP contribution in [0.5, 0.6) is 5.75 Å². The quantitative estimate of drug-likeness (QED) is 0.827. The van der Waals surface area contributed by atoms with Crippen molar-refractivity contribution in [2.24, 2.45) is 0 Å². The lowest BCUT2D eigenvalue weighted by Gasteiger charge is -2.14. The van der Waals surface area contributed by atoms with Gasteiger partial charge in [0.05, 0.1) is 0 Å². The van der Waals surface area contributed by atoms with E-state index in [1.165, 1.54) is 5.56 Å². The topological polar surface area (TPSA) is 38.3 Å². The average molecular weight is 221 g/mol. The standard InChI is InChI=1S/C13H19NO2/c1-4-11-7-6-8-12(9-11)16-10(3)13(15)14-5-2/h6-10H,4-5H2,1-3H3,(H,14,15). The van der Waals surface area contributed by atoms with Gasteiger partial charge >= 0.3 is 0 Å². The zero-order valence-corrected chi connectivity index (χ0v) is 10.1. The third-order valence-electron chi connectivity index (χ3n) is 2.34. The van der Waals surface area contributed by atoms with Crippen LogP contribution in [0.3, 0.4) is 0 Å². The highest BCUT2D eigenvalue weighted by Gasteiger charge is 2.13. The minimum Gasteiger partial charge on any atom is -0.481 e. The number of carbonyl (C=O) groups is 1. The lowest BCUT2D eigenvalue weighted by molar-refractivity contribution is -0.127. The van der Waals surface area contributed by atoms with Gasteiger partial charge < -0.3 is 10.1 Å². The van der Waals surface area contributed by atoms with E-state index in [1.807, 2.05) is 31.2 Å². The van der Waals surface area contributed by atoms with Crippen molar-refractivity contribution in [1.82, 2.24) is 5.32 Å². The molecule has 3 heteroatoms. The Balaban J connectivity index is 2.61. The largest absolute Gasteiger partial charge is 0.481 e. The van der Waals surface area contributed by atoms with Crippen molar-refractivity contribution in [2.75, 3.05) is 6.54 Å². The van der Waals surface area contributed by atoms with E-state index in [1.54, 1.807) is 6.92 Å². The van der Waals surface area contributed by atoms with Crippen LogP contribution in [0.2, 0.25) is 0 Å². The second-order valence-corrected chi connectivity index (χ2v) is 3.66. The number of aryl methyl sites for hydroxylation is 1. The van der Waals surface area contributed by atoms with Crippen molar-refractivity contribution in [3.05, 3.63) is 29.8 Å². The number of carbonyl (C=O) groups excluding carboxylic acids is 1. The lowest BCUT2D eigenvalue weighted by Crippen LogP contribution is -2.36. The number of hydrogen-bond donors (Lipinski definition) is 1. The summed E-state index contributed by atoms with van der Waals surface area (Å²) in [5.41, 5.74) is 1.21. The number of rotatable bonds is 5. The molecule has 0 spiro atoms. The van der Waals surface area contributed by atoms with Crippen molar-refractivity contribution < 1.29 is 9.53 Å². The van der Waals surface area contributed by atoms with Gasteiger partial charge in [0.25, 0.3) is 5.91 Å². The molecule has 0 saturated carbocycles. The number of amides is 1. The highest BCUT2D eigenvalue weighted by atomic mass is 16.5. The summed E-state index contributed by atoms with van der Waals surface area (Å²) < 4.78 is 5.56. The van der Waals surface area contributed by atoms with Crippen molar-refractivity contribution in [1.29, 1.82) is 0 Å². The number of nitrogens with one attached hydrogen (secondary N) is 1. The fourth-order valence-corrected chi connectivity index (χ4v) is 1.41. The molecule has 1 atom stereocenters. The zero-order valence-electron chi connectivity index (χ0n) is 10.1. The monoisotopic (exact) mass is 221 g/mol. The first-order valence-electron chi connectivity index (χ1n) is 5.70. The summed E-state index contributed by atoms with van der Waals surface area (Å²) in [5, 5.41) is 2.73. The van der Waals surface area contributed by atoms with Crippen molar-refractivity contribution in [2.45, 2.75) is 33.3 Å². The Morgan fingerprint density at radius 2 is 2.19 bits per heavy atom. The molecule has 3 nitrogen and oxygen atoms in total. The Morgan fingerprint density at radius 1 is 1.44 bits per heavy atom. The first-order chi connectivity index (χ1) is 7.67. The molecule has 0 aliphatic heterocycles. The Labute approximate surface area is 96.8 Å². The predicted octanol–water partition coefficient (Wildman–Crippen LogP) is 2.15. The fraction of sp³-hybridized carbons (Fsp3) is 0.462. The number of benzene rings is 1. The van der Waals surface area contributed by atoms with E-state index >= 15 is 0 Å². The van der Waals surface area contributed by atoms with Crippen LogP contribution in [0.15, 0.2) is 24.3 Å². The second-order valence-electron chi connectivity index (χ2n) is 3.66. The Kier molecular flexibility index (Phi) is 4.83. The minimum atomic E-state index is -0.452. The summed E-state index contributed by atoms with van der Waals surface area (Å²) in [7, 11) is 0. The van der Waals surface area contributed by atoms with E-state index in [2.05, 4.69) is 12.2 Å². The van der Waals surface area contributed by atoms with Crippen molar-refractivity contribution in [3.8, 4) is 5.75 Å². The smallest absolute Gasteiger partial charge is 0.260 e. The molecule has 1 amide bonds. The summed E-state index contributed by atoms with van der Waals surface area (Å²) >= 11 is 0. The molecule has 0 bridgehead atoms. The predicted molar refractivity (Wildman–Crippen MR) is 64.6 cm³/mol. The maximum atomic E-state index is 11.5. The van der Waals surface area contributed by atoms with E-state index < -0.39 is 6.10 Å². The van der Waals surface area contributed by atoms with Crippen LogP contribution in [0.4, 0.5) is 0 Å². The molecule has 1 N–H and O–H groups in total. The van der Waals surface area contributed by atoms with E-state index in [0.717, 1.165) is 12.2 Å². The van der Waals surface area contributed by atoms with Gasteiger partial charge in [-0.05, 0) is 38.0 Å². The Hall–Kier alpha value is -1.51. The maximum Gasteiger partial charge on any atom is 0.260 e. The van der Waals surface area contributed by atoms with E-state index in [0.29, 0.717) is 6.54 Å². The Morgan fingerprint density at radius 3 is 2.81 bits per heavy atom. The molecule has 0 fully saturated rings. The van der Waals surface area contributed by atoms with Gasteiger partial charge in [-0.2, -0.15) is 0 Å². The van der Waals surface area contributed by atoms with Crippen LogP contribution in [-0.4, -0.2) is 18.6 Å². The summed E-state index contributed by atoms with van der Waals surface area (Å²) in [6, 6.07) is 7.83. The molecule has 0 heterocycles. The minimum absolute atomic E-state index is 0.0793. The van der Waals surface area contributed by atoms with Gasteiger partial charge in [0.15, 0.2) is 6.10 Å². The highest BCUT2D eigenvalue weighted by Crippen LogP contribution is 2.15. The third-order valence-corrected chi connectivity index (χ3v) is 2.34. The number of ether oxygens (including phenoxy) is 1.